The van der Waals surface area contributed by atoms with Gasteiger partial charge in [-0.1, -0.05) is 24.3 Å². The molecule has 0 aliphatic heterocycles. The molecule has 0 aliphatic rings. The van der Waals surface area contributed by atoms with Crippen LogP contribution in [0.5, 0.6) is 0 Å². The third-order valence-corrected chi connectivity index (χ3v) is 1.38. The first-order valence-corrected chi connectivity index (χ1v) is 3.33. The number of hydrogen-bond donors (Lipinski definition) is 0. The molecule has 0 spiro atoms. The van der Waals surface area contributed by atoms with E-state index in [1.54, 1.807) is 12.1 Å². The van der Waals surface area contributed by atoms with Gasteiger partial charge < -0.3 is 0 Å². The van der Waals surface area contributed by atoms with Gasteiger partial charge in [-0.2, -0.15) is 5.26 Å². The Morgan fingerprint density at radius 1 is 1.36 bits per heavy atom. The second-order valence-corrected chi connectivity index (χ2v) is 2.10. The van der Waals surface area contributed by atoms with E-state index in [0.717, 1.165) is 5.56 Å². The van der Waals surface area contributed by atoms with Crippen LogP contribution in [0.25, 0.3) is 0 Å². The zero-order valence-corrected chi connectivity index (χ0v) is 6.12. The van der Waals surface area contributed by atoms with Crippen LogP contribution in [0.1, 0.15) is 11.1 Å². The van der Waals surface area contributed by atoms with E-state index in [-0.39, 0.29) is 0 Å². The van der Waals surface area contributed by atoms with Crippen LogP contribution in [0, 0.1) is 17.8 Å². The van der Waals surface area contributed by atoms with Gasteiger partial charge in [-0.3, -0.25) is 0 Å². The van der Waals surface area contributed by atoms with E-state index in [1.165, 1.54) is 0 Å². The molecule has 0 N–H and O–H groups in total. The molecule has 0 unspecified atom stereocenters. The van der Waals surface area contributed by atoms with Crippen LogP contribution in [0.3, 0.4) is 0 Å². The average Bonchev–Trinajstić information content (AvgIpc) is 2.06. The largest absolute Gasteiger partial charge is 0.192 e. The van der Waals surface area contributed by atoms with Crippen molar-refractivity contribution in [2.24, 2.45) is 0 Å². The fraction of sp³-hybridized carbons (Fsp3) is 0. The molecule has 1 aromatic carbocycles. The van der Waals surface area contributed by atoms with Crippen LogP contribution in [0.4, 0.5) is 0 Å². The second kappa shape index (κ2) is 3.58. The average molecular weight is 142 g/mol. The summed E-state index contributed by atoms with van der Waals surface area (Å²) in [5.74, 6) is 0. The summed E-state index contributed by atoms with van der Waals surface area (Å²) in [6, 6.07) is 9.52. The third kappa shape index (κ3) is 1.68. The summed E-state index contributed by atoms with van der Waals surface area (Å²) in [4.78, 5) is 0. The summed E-state index contributed by atoms with van der Waals surface area (Å²) >= 11 is 0. The molecule has 0 saturated heterocycles. The Balaban J connectivity index is 3.04. The molecule has 0 amide bonds. The minimum atomic E-state index is 0.687. The zero-order valence-electron chi connectivity index (χ0n) is 6.12. The van der Waals surface area contributed by atoms with Crippen LogP contribution in [0.15, 0.2) is 36.9 Å². The maximum Gasteiger partial charge on any atom is 0.0994 e. The van der Waals surface area contributed by atoms with Crippen molar-refractivity contribution in [3.8, 4) is 6.07 Å². The van der Waals surface area contributed by atoms with Crippen LogP contribution >= 0.6 is 0 Å². The lowest BCUT2D eigenvalue weighted by molar-refractivity contribution is 1.43. The van der Waals surface area contributed by atoms with Crippen molar-refractivity contribution in [3.63, 3.8) is 0 Å². The molecule has 1 rings (SSSR count). The fourth-order valence-corrected chi connectivity index (χ4v) is 0.871. The molecule has 1 nitrogen and oxygen atoms in total. The van der Waals surface area contributed by atoms with E-state index >= 15 is 0 Å². The summed E-state index contributed by atoms with van der Waals surface area (Å²) in [5, 5.41) is 8.64. The lowest BCUT2D eigenvalue weighted by Gasteiger charge is -1.96. The molecule has 11 heavy (non-hydrogen) atoms. The van der Waals surface area contributed by atoms with Gasteiger partial charge in [-0.15, -0.1) is 6.58 Å². The Kier molecular flexibility index (Phi) is 2.46. The van der Waals surface area contributed by atoms with Gasteiger partial charge >= 0.3 is 0 Å². The Labute approximate surface area is 66.6 Å². The van der Waals surface area contributed by atoms with Crippen molar-refractivity contribution in [3.05, 3.63) is 54.5 Å². The lowest BCUT2D eigenvalue weighted by atomic mass is 10.1. The Bertz CT molecular complexity index is 294. The molecular weight excluding hydrogens is 134 g/mol. The van der Waals surface area contributed by atoms with Gasteiger partial charge in [0, 0.05) is 6.42 Å². The van der Waals surface area contributed by atoms with E-state index in [4.69, 9.17) is 5.26 Å². The highest BCUT2D eigenvalue weighted by Crippen LogP contribution is 2.09. The molecule has 1 radical (unpaired) electrons. The predicted molar refractivity (Wildman–Crippen MR) is 44.8 cm³/mol. The van der Waals surface area contributed by atoms with Crippen molar-refractivity contribution in [1.29, 1.82) is 5.26 Å². The van der Waals surface area contributed by atoms with Gasteiger partial charge in [0.15, 0.2) is 0 Å². The summed E-state index contributed by atoms with van der Waals surface area (Å²) < 4.78 is 0. The Morgan fingerprint density at radius 3 is 2.73 bits per heavy atom. The third-order valence-electron chi connectivity index (χ3n) is 1.38. The van der Waals surface area contributed by atoms with Crippen LogP contribution < -0.4 is 0 Å². The van der Waals surface area contributed by atoms with Crippen LogP contribution in [-0.2, 0) is 0 Å². The smallest absolute Gasteiger partial charge is 0.0994 e. The highest BCUT2D eigenvalue weighted by Gasteiger charge is 1.96. The van der Waals surface area contributed by atoms with Crippen molar-refractivity contribution in [2.75, 3.05) is 0 Å². The van der Waals surface area contributed by atoms with Gasteiger partial charge in [0.2, 0.25) is 0 Å². The normalized spacial score (nSPS) is 8.64. The molecule has 0 fully saturated rings. The van der Waals surface area contributed by atoms with Gasteiger partial charge in [0.1, 0.15) is 0 Å². The summed E-state index contributed by atoms with van der Waals surface area (Å²) in [5.41, 5.74) is 1.61. The van der Waals surface area contributed by atoms with E-state index in [0.29, 0.717) is 5.56 Å². The molecule has 0 saturated carbocycles. The first-order chi connectivity index (χ1) is 5.38. The predicted octanol–water partition coefficient (Wildman–Crippen LogP) is 2.30. The van der Waals surface area contributed by atoms with Crippen LogP contribution in [0.2, 0.25) is 0 Å². The summed E-state index contributed by atoms with van der Waals surface area (Å²) in [6.45, 7) is 3.57. The van der Waals surface area contributed by atoms with Crippen molar-refractivity contribution in [1.82, 2.24) is 0 Å². The van der Waals surface area contributed by atoms with Gasteiger partial charge in [-0.25, -0.2) is 0 Å². The van der Waals surface area contributed by atoms with Crippen LogP contribution in [-0.4, -0.2) is 0 Å². The standard InChI is InChI=1S/C10H8N/c1-2-5-9-6-3-4-7-10(9)8-11/h2-7H,1H2. The minimum absolute atomic E-state index is 0.687. The zero-order chi connectivity index (χ0) is 8.10. The number of allylic oxidation sites excluding steroid dienone is 1. The number of benzene rings is 1. The number of nitriles is 1. The molecule has 0 aliphatic carbocycles. The van der Waals surface area contributed by atoms with Crippen molar-refractivity contribution in [2.45, 2.75) is 0 Å². The highest BCUT2D eigenvalue weighted by atomic mass is 14.2. The van der Waals surface area contributed by atoms with Gasteiger partial charge in [0.25, 0.3) is 0 Å². The molecule has 0 atom stereocenters. The lowest BCUT2D eigenvalue weighted by Crippen LogP contribution is -1.83. The molecule has 1 heteroatoms. The first kappa shape index (κ1) is 7.56. The molecule has 53 valence electrons. The molecule has 0 bridgehead atoms. The van der Waals surface area contributed by atoms with E-state index in [9.17, 15) is 0 Å². The van der Waals surface area contributed by atoms with E-state index < -0.39 is 0 Å². The number of nitrogens with zero attached hydrogens (tertiary/aromatic N) is 1. The monoisotopic (exact) mass is 142 g/mol. The summed E-state index contributed by atoms with van der Waals surface area (Å²) in [7, 11) is 0. The molecular formula is C10H8N. The van der Waals surface area contributed by atoms with Crippen molar-refractivity contribution < 1.29 is 0 Å². The first-order valence-electron chi connectivity index (χ1n) is 3.33. The van der Waals surface area contributed by atoms with Crippen molar-refractivity contribution >= 4 is 0 Å². The summed E-state index contributed by atoms with van der Waals surface area (Å²) in [6.07, 6.45) is 3.49. The number of hydrogen-bond acceptors (Lipinski definition) is 1. The van der Waals surface area contributed by atoms with E-state index in [2.05, 4.69) is 12.6 Å². The molecule has 1 aromatic rings. The Morgan fingerprint density at radius 2 is 2.09 bits per heavy atom. The topological polar surface area (TPSA) is 23.8 Å². The molecule has 0 aromatic heterocycles. The Hall–Kier alpha value is -1.55. The maximum atomic E-state index is 8.64. The number of rotatable bonds is 2. The SMILES string of the molecule is C=C[CH]c1ccccc1C#N. The van der Waals surface area contributed by atoms with Gasteiger partial charge in [0.05, 0.1) is 11.6 Å². The highest BCUT2D eigenvalue weighted by molar-refractivity contribution is 5.43. The van der Waals surface area contributed by atoms with Gasteiger partial charge in [-0.05, 0) is 11.6 Å². The maximum absolute atomic E-state index is 8.64. The second-order valence-electron chi connectivity index (χ2n) is 2.10. The fourth-order valence-electron chi connectivity index (χ4n) is 0.871. The molecule has 0 heterocycles. The minimum Gasteiger partial charge on any atom is -0.192 e. The quantitative estimate of drug-likeness (QED) is 0.621. The van der Waals surface area contributed by atoms with E-state index in [1.807, 2.05) is 24.6 Å².